The maximum Gasteiger partial charge on any atom is 0.191 e. The van der Waals surface area contributed by atoms with E-state index in [2.05, 4.69) is 50.8 Å². The van der Waals surface area contributed by atoms with Crippen LogP contribution in [0.2, 0.25) is 0 Å². The number of halogens is 1. The number of fused-ring (bicyclic) bond motifs is 1. The highest BCUT2D eigenvalue weighted by molar-refractivity contribution is 14.0. The molecule has 0 fully saturated rings. The Hall–Kier alpha value is -1.64. The van der Waals surface area contributed by atoms with Crippen LogP contribution >= 0.6 is 24.0 Å². The first kappa shape index (κ1) is 18.7. The van der Waals surface area contributed by atoms with E-state index in [0.29, 0.717) is 13.1 Å². The van der Waals surface area contributed by atoms with Crippen molar-refractivity contribution in [1.82, 2.24) is 25.4 Å². The highest BCUT2D eigenvalue weighted by Gasteiger charge is 2.10. The van der Waals surface area contributed by atoms with Crippen molar-refractivity contribution in [2.75, 3.05) is 6.54 Å². The molecule has 0 amide bonds. The number of guanidine groups is 1. The van der Waals surface area contributed by atoms with E-state index in [-0.39, 0.29) is 24.0 Å². The number of hydrogen-bond acceptors (Lipinski definition) is 3. The van der Waals surface area contributed by atoms with Crippen LogP contribution in [0.15, 0.2) is 29.5 Å². The van der Waals surface area contributed by atoms with E-state index in [1.165, 1.54) is 36.0 Å². The third-order valence-corrected chi connectivity index (χ3v) is 4.15. The second kappa shape index (κ2) is 9.00. The van der Waals surface area contributed by atoms with Crippen LogP contribution in [-0.4, -0.2) is 27.3 Å². The lowest BCUT2D eigenvalue weighted by Crippen LogP contribution is -2.37. The van der Waals surface area contributed by atoms with Crippen molar-refractivity contribution in [2.45, 2.75) is 39.3 Å². The average molecular weight is 440 g/mol. The summed E-state index contributed by atoms with van der Waals surface area (Å²) in [6, 6.07) is 6.76. The lowest BCUT2D eigenvalue weighted by atomic mass is 10.1. The van der Waals surface area contributed by atoms with Crippen LogP contribution in [0.3, 0.4) is 0 Å². The van der Waals surface area contributed by atoms with Crippen LogP contribution in [0.25, 0.3) is 0 Å². The molecule has 2 N–H and O–H groups in total. The van der Waals surface area contributed by atoms with Gasteiger partial charge >= 0.3 is 0 Å². The molecule has 0 bridgehead atoms. The van der Waals surface area contributed by atoms with Crippen molar-refractivity contribution in [3.8, 4) is 0 Å². The Morgan fingerprint density at radius 2 is 2.08 bits per heavy atom. The number of benzene rings is 1. The number of aryl methyl sites for hydroxylation is 3. The summed E-state index contributed by atoms with van der Waals surface area (Å²) in [6.07, 6.45) is 5.27. The predicted octanol–water partition coefficient (Wildman–Crippen LogP) is 2.18. The fourth-order valence-electron chi connectivity index (χ4n) is 2.88. The van der Waals surface area contributed by atoms with Gasteiger partial charge in [0.15, 0.2) is 5.96 Å². The van der Waals surface area contributed by atoms with Gasteiger partial charge in [-0.15, -0.1) is 24.0 Å². The van der Waals surface area contributed by atoms with Crippen molar-refractivity contribution < 1.29 is 0 Å². The molecular weight excluding hydrogens is 415 g/mol. The highest BCUT2D eigenvalue weighted by atomic mass is 127. The Bertz CT molecular complexity index is 694. The van der Waals surface area contributed by atoms with Gasteiger partial charge in [-0.2, -0.15) is 5.10 Å². The second-order valence-electron chi connectivity index (χ2n) is 5.81. The summed E-state index contributed by atoms with van der Waals surface area (Å²) in [6.45, 7) is 4.18. The third kappa shape index (κ3) is 4.68. The first-order valence-corrected chi connectivity index (χ1v) is 8.22. The average Bonchev–Trinajstić information content (AvgIpc) is 3.18. The number of hydrogen-bond donors (Lipinski definition) is 2. The summed E-state index contributed by atoms with van der Waals surface area (Å²) in [5.74, 6) is 1.68. The zero-order valence-electron chi connectivity index (χ0n) is 14.2. The molecule has 1 aromatic carbocycles. The van der Waals surface area contributed by atoms with E-state index >= 15 is 0 Å². The molecule has 1 heterocycles. The SMILES string of the molecule is CCNC(=NCc1ccc2c(c1)CCC2)NCc1ncnn1C.I. The molecule has 24 heavy (non-hydrogen) atoms. The molecular formula is C17H25IN6. The van der Waals surface area contributed by atoms with Crippen LogP contribution < -0.4 is 10.6 Å². The molecule has 0 radical (unpaired) electrons. The highest BCUT2D eigenvalue weighted by Crippen LogP contribution is 2.23. The van der Waals surface area contributed by atoms with Crippen molar-refractivity contribution in [3.63, 3.8) is 0 Å². The number of rotatable bonds is 5. The van der Waals surface area contributed by atoms with Gasteiger partial charge in [0.25, 0.3) is 0 Å². The van der Waals surface area contributed by atoms with Crippen LogP contribution in [0.4, 0.5) is 0 Å². The zero-order valence-corrected chi connectivity index (χ0v) is 16.6. The molecule has 0 unspecified atom stereocenters. The van der Waals surface area contributed by atoms with Gasteiger partial charge in [-0.05, 0) is 42.9 Å². The van der Waals surface area contributed by atoms with Gasteiger partial charge in [0.2, 0.25) is 0 Å². The van der Waals surface area contributed by atoms with Gasteiger partial charge in [-0.1, -0.05) is 18.2 Å². The fraction of sp³-hybridized carbons (Fsp3) is 0.471. The van der Waals surface area contributed by atoms with Crippen molar-refractivity contribution in [2.24, 2.45) is 12.0 Å². The van der Waals surface area contributed by atoms with Crippen LogP contribution in [0, 0.1) is 0 Å². The number of aliphatic imine (C=N–C) groups is 1. The van der Waals surface area contributed by atoms with Gasteiger partial charge in [-0.3, -0.25) is 4.68 Å². The smallest absolute Gasteiger partial charge is 0.191 e. The van der Waals surface area contributed by atoms with Crippen LogP contribution in [0.5, 0.6) is 0 Å². The van der Waals surface area contributed by atoms with E-state index < -0.39 is 0 Å². The summed E-state index contributed by atoms with van der Waals surface area (Å²) in [7, 11) is 1.89. The molecule has 3 rings (SSSR count). The third-order valence-electron chi connectivity index (χ3n) is 4.15. The molecule has 1 aliphatic rings. The Labute approximate surface area is 160 Å². The minimum absolute atomic E-state index is 0. The van der Waals surface area contributed by atoms with Crippen LogP contribution in [0.1, 0.15) is 35.9 Å². The van der Waals surface area contributed by atoms with Gasteiger partial charge in [0, 0.05) is 13.6 Å². The van der Waals surface area contributed by atoms with Gasteiger partial charge < -0.3 is 10.6 Å². The fourth-order valence-corrected chi connectivity index (χ4v) is 2.88. The summed E-state index contributed by atoms with van der Waals surface area (Å²) in [4.78, 5) is 8.89. The molecule has 0 atom stereocenters. The van der Waals surface area contributed by atoms with E-state index in [1.54, 1.807) is 11.0 Å². The monoisotopic (exact) mass is 440 g/mol. The summed E-state index contributed by atoms with van der Waals surface area (Å²) < 4.78 is 1.76. The molecule has 130 valence electrons. The topological polar surface area (TPSA) is 67.1 Å². The van der Waals surface area contributed by atoms with Gasteiger partial charge in [0.05, 0.1) is 13.1 Å². The molecule has 1 aliphatic carbocycles. The Morgan fingerprint density at radius 3 is 2.83 bits per heavy atom. The second-order valence-corrected chi connectivity index (χ2v) is 5.81. The summed E-state index contributed by atoms with van der Waals surface area (Å²) in [5.41, 5.74) is 4.27. The first-order chi connectivity index (χ1) is 11.3. The molecule has 6 nitrogen and oxygen atoms in total. The Kier molecular flexibility index (Phi) is 7.01. The van der Waals surface area contributed by atoms with E-state index in [4.69, 9.17) is 0 Å². The molecule has 1 aromatic heterocycles. The number of nitrogens with zero attached hydrogens (tertiary/aromatic N) is 4. The minimum Gasteiger partial charge on any atom is -0.357 e. The molecule has 7 heteroatoms. The van der Waals surface area contributed by atoms with Crippen molar-refractivity contribution in [3.05, 3.63) is 47.0 Å². The summed E-state index contributed by atoms with van der Waals surface area (Å²) >= 11 is 0. The quantitative estimate of drug-likeness (QED) is 0.425. The normalized spacial score (nSPS) is 13.3. The molecule has 0 saturated carbocycles. The molecule has 0 spiro atoms. The van der Waals surface area contributed by atoms with E-state index in [1.807, 2.05) is 7.05 Å². The molecule has 0 saturated heterocycles. The number of aromatic nitrogens is 3. The van der Waals surface area contributed by atoms with Crippen LogP contribution in [-0.2, 0) is 33.0 Å². The van der Waals surface area contributed by atoms with Crippen molar-refractivity contribution >= 4 is 29.9 Å². The number of nitrogens with one attached hydrogen (secondary N) is 2. The molecule has 2 aromatic rings. The summed E-state index contributed by atoms with van der Waals surface area (Å²) in [5, 5.41) is 10.6. The van der Waals surface area contributed by atoms with Gasteiger partial charge in [-0.25, -0.2) is 9.98 Å². The Balaban J connectivity index is 0.00000208. The molecule has 0 aliphatic heterocycles. The maximum atomic E-state index is 4.68. The van der Waals surface area contributed by atoms with E-state index in [0.717, 1.165) is 18.3 Å². The lowest BCUT2D eigenvalue weighted by molar-refractivity contribution is 0.673. The minimum atomic E-state index is 0. The van der Waals surface area contributed by atoms with Gasteiger partial charge in [0.1, 0.15) is 12.2 Å². The Morgan fingerprint density at radius 1 is 1.25 bits per heavy atom. The lowest BCUT2D eigenvalue weighted by Gasteiger charge is -2.11. The maximum absolute atomic E-state index is 4.68. The first-order valence-electron chi connectivity index (χ1n) is 8.22. The standard InChI is InChI=1S/C17H24N6.HI/c1-3-18-17(20-11-16-21-12-22-23(16)2)19-10-13-7-8-14-5-4-6-15(14)9-13;/h7-9,12H,3-6,10-11H2,1-2H3,(H2,18,19,20);1H. The predicted molar refractivity (Wildman–Crippen MR) is 107 cm³/mol. The zero-order chi connectivity index (χ0) is 16.1. The largest absolute Gasteiger partial charge is 0.357 e. The van der Waals surface area contributed by atoms with E-state index in [9.17, 15) is 0 Å². The van der Waals surface area contributed by atoms with Crippen molar-refractivity contribution in [1.29, 1.82) is 0 Å².